The van der Waals surface area contributed by atoms with Crippen LogP contribution in [0.3, 0.4) is 0 Å². The van der Waals surface area contributed by atoms with Crippen molar-refractivity contribution < 1.29 is 14.7 Å². The van der Waals surface area contributed by atoms with Crippen molar-refractivity contribution in [1.82, 2.24) is 9.47 Å². The topological polar surface area (TPSA) is 62.5 Å². The minimum atomic E-state index is -1.11. The lowest BCUT2D eigenvalue weighted by Gasteiger charge is -2.11. The first-order valence-corrected chi connectivity index (χ1v) is 11.2. The molecule has 0 radical (unpaired) electrons. The van der Waals surface area contributed by atoms with E-state index in [1.54, 1.807) is 18.2 Å². The van der Waals surface area contributed by atoms with E-state index in [0.29, 0.717) is 21.5 Å². The van der Waals surface area contributed by atoms with Crippen LogP contribution in [0.5, 0.6) is 0 Å². The largest absolute Gasteiger partial charge is 0.480 e. The molecule has 5 nitrogen and oxygen atoms in total. The molecule has 3 aromatic rings. The smallest absolute Gasteiger partial charge is 0.323 e. The van der Waals surface area contributed by atoms with Crippen LogP contribution in [0, 0.1) is 6.92 Å². The highest BCUT2D eigenvalue weighted by Crippen LogP contribution is 2.36. The summed E-state index contributed by atoms with van der Waals surface area (Å²) < 4.78 is 2.38. The number of hydrogen-bond acceptors (Lipinski definition) is 4. The molecule has 31 heavy (non-hydrogen) atoms. The van der Waals surface area contributed by atoms with E-state index in [-0.39, 0.29) is 4.32 Å². The summed E-state index contributed by atoms with van der Waals surface area (Å²) >= 11 is 18.7. The van der Waals surface area contributed by atoms with Gasteiger partial charge in [0.15, 0.2) is 0 Å². The van der Waals surface area contributed by atoms with Gasteiger partial charge in [-0.25, -0.2) is 0 Å². The third-order valence-electron chi connectivity index (χ3n) is 5.07. The Kier molecular flexibility index (Phi) is 6.12. The van der Waals surface area contributed by atoms with Crippen LogP contribution in [0.25, 0.3) is 17.0 Å². The molecule has 1 aliphatic heterocycles. The Labute approximate surface area is 198 Å². The molecule has 2 aromatic carbocycles. The maximum absolute atomic E-state index is 12.7. The maximum Gasteiger partial charge on any atom is 0.323 e. The van der Waals surface area contributed by atoms with Crippen molar-refractivity contribution >= 4 is 80.4 Å². The molecule has 1 saturated heterocycles. The van der Waals surface area contributed by atoms with Crippen LogP contribution in [0.4, 0.5) is 0 Å². The molecule has 2 heterocycles. The highest BCUT2D eigenvalue weighted by molar-refractivity contribution is 8.26. The second kappa shape index (κ2) is 8.67. The van der Waals surface area contributed by atoms with Crippen molar-refractivity contribution in [1.29, 1.82) is 0 Å². The Morgan fingerprint density at radius 3 is 2.68 bits per heavy atom. The van der Waals surface area contributed by atoms with Gasteiger partial charge in [0.25, 0.3) is 5.91 Å². The van der Waals surface area contributed by atoms with Gasteiger partial charge >= 0.3 is 5.97 Å². The van der Waals surface area contributed by atoms with Crippen molar-refractivity contribution in [2.75, 3.05) is 6.54 Å². The monoisotopic (exact) mass is 490 g/mol. The summed E-state index contributed by atoms with van der Waals surface area (Å²) in [6, 6.07) is 13.3. The number of aromatic nitrogens is 1. The number of hydrogen-bond donors (Lipinski definition) is 1. The summed E-state index contributed by atoms with van der Waals surface area (Å²) in [7, 11) is 0. The van der Waals surface area contributed by atoms with Crippen LogP contribution in [0.1, 0.15) is 16.8 Å². The number of carboxylic acids is 1. The zero-order chi connectivity index (χ0) is 22.3. The van der Waals surface area contributed by atoms with Crippen molar-refractivity contribution in [3.05, 3.63) is 74.2 Å². The van der Waals surface area contributed by atoms with Crippen molar-refractivity contribution in [3.8, 4) is 0 Å². The van der Waals surface area contributed by atoms with Gasteiger partial charge in [0.05, 0.1) is 4.91 Å². The normalized spacial score (nSPS) is 15.5. The molecule has 0 unspecified atom stereocenters. The molecule has 9 heteroatoms. The fraction of sp³-hybridized carbons (Fsp3) is 0.136. The van der Waals surface area contributed by atoms with Crippen LogP contribution in [-0.2, 0) is 16.1 Å². The van der Waals surface area contributed by atoms with E-state index in [2.05, 4.69) is 4.57 Å². The number of amides is 1. The van der Waals surface area contributed by atoms with Crippen LogP contribution in [-0.4, -0.2) is 37.3 Å². The SMILES string of the molecule is Cc1c(C=C2SC(=S)N(CC(=O)O)C2=O)c2ccccc2n1Cc1ccc(Cl)cc1Cl. The molecule has 4 rings (SSSR count). The number of carbonyl (C=O) groups excluding carboxylic acids is 1. The Morgan fingerprint density at radius 2 is 1.97 bits per heavy atom. The molecule has 0 bridgehead atoms. The van der Waals surface area contributed by atoms with Crippen LogP contribution >= 0.6 is 47.2 Å². The first kappa shape index (κ1) is 21.9. The average molecular weight is 491 g/mol. The summed E-state index contributed by atoms with van der Waals surface area (Å²) in [6.45, 7) is 2.07. The van der Waals surface area contributed by atoms with Gasteiger partial charge in [-0.1, -0.05) is 71.4 Å². The molecule has 1 aliphatic rings. The first-order valence-electron chi connectivity index (χ1n) is 9.25. The second-order valence-electron chi connectivity index (χ2n) is 7.00. The number of benzene rings is 2. The highest BCUT2D eigenvalue weighted by atomic mass is 35.5. The fourth-order valence-corrected chi connectivity index (χ4v) is 5.27. The quantitative estimate of drug-likeness (QED) is 0.373. The van der Waals surface area contributed by atoms with Crippen LogP contribution < -0.4 is 0 Å². The number of nitrogens with zero attached hydrogens (tertiary/aromatic N) is 2. The van der Waals surface area contributed by atoms with E-state index in [9.17, 15) is 9.59 Å². The van der Waals surface area contributed by atoms with Crippen LogP contribution in [0.15, 0.2) is 47.4 Å². The summed E-state index contributed by atoms with van der Waals surface area (Å²) in [4.78, 5) is 25.3. The zero-order valence-electron chi connectivity index (χ0n) is 16.3. The standard InChI is InChI=1S/C22H16Cl2N2O3S2/c1-12-16(9-19-21(29)26(11-20(27)28)22(30)31-19)15-4-2-3-5-18(15)25(12)10-13-6-7-14(23)8-17(13)24/h2-9H,10-11H2,1H3,(H,27,28). The molecule has 0 aliphatic carbocycles. The van der Waals surface area contributed by atoms with Gasteiger partial charge in [0, 0.05) is 38.8 Å². The number of thiocarbonyl (C=S) groups is 1. The third kappa shape index (κ3) is 4.23. The predicted molar refractivity (Wildman–Crippen MR) is 130 cm³/mol. The average Bonchev–Trinajstić information content (AvgIpc) is 3.13. The Balaban J connectivity index is 1.79. The lowest BCUT2D eigenvalue weighted by atomic mass is 10.1. The lowest BCUT2D eigenvalue weighted by Crippen LogP contribution is -2.33. The minimum Gasteiger partial charge on any atom is -0.480 e. The first-order chi connectivity index (χ1) is 14.8. The van der Waals surface area contributed by atoms with E-state index in [1.807, 2.05) is 37.3 Å². The third-order valence-corrected chi connectivity index (χ3v) is 7.03. The summed E-state index contributed by atoms with van der Waals surface area (Å²) in [5.41, 5.74) is 3.76. The minimum absolute atomic E-state index is 0.244. The van der Waals surface area contributed by atoms with Crippen molar-refractivity contribution in [2.24, 2.45) is 0 Å². The molecule has 1 fully saturated rings. The summed E-state index contributed by atoms with van der Waals surface area (Å²) in [5, 5.41) is 11.2. The number of carbonyl (C=O) groups is 2. The molecule has 0 atom stereocenters. The maximum atomic E-state index is 12.7. The van der Waals surface area contributed by atoms with E-state index in [4.69, 9.17) is 40.5 Å². The molecule has 1 N–H and O–H groups in total. The van der Waals surface area contributed by atoms with Gasteiger partial charge < -0.3 is 9.67 Å². The number of rotatable bonds is 5. The summed E-state index contributed by atoms with van der Waals surface area (Å²) in [6.07, 6.45) is 1.79. The fourth-order valence-electron chi connectivity index (χ4n) is 3.57. The van der Waals surface area contributed by atoms with E-state index >= 15 is 0 Å². The van der Waals surface area contributed by atoms with Gasteiger partial charge in [0.2, 0.25) is 0 Å². The number of aliphatic carboxylic acids is 1. The van der Waals surface area contributed by atoms with E-state index in [0.717, 1.165) is 44.4 Å². The van der Waals surface area contributed by atoms with E-state index in [1.165, 1.54) is 0 Å². The number of thioether (sulfide) groups is 1. The molecule has 158 valence electrons. The molecular weight excluding hydrogens is 475 g/mol. The molecule has 1 amide bonds. The van der Waals surface area contributed by atoms with Gasteiger partial charge in [-0.15, -0.1) is 0 Å². The zero-order valence-corrected chi connectivity index (χ0v) is 19.4. The Hall–Kier alpha value is -2.32. The number of carboxylic acid groups (broad SMARTS) is 1. The lowest BCUT2D eigenvalue weighted by molar-refractivity contribution is -0.140. The molecule has 0 spiro atoms. The Bertz CT molecular complexity index is 1280. The van der Waals surface area contributed by atoms with E-state index < -0.39 is 18.4 Å². The van der Waals surface area contributed by atoms with Gasteiger partial charge in [-0.05, 0) is 36.8 Å². The number of halogens is 2. The number of para-hydroxylation sites is 1. The molecule has 0 saturated carbocycles. The number of fused-ring (bicyclic) bond motifs is 1. The van der Waals surface area contributed by atoms with Gasteiger partial charge in [-0.3, -0.25) is 14.5 Å². The van der Waals surface area contributed by atoms with Crippen LogP contribution in [0.2, 0.25) is 10.0 Å². The Morgan fingerprint density at radius 1 is 1.23 bits per heavy atom. The predicted octanol–water partition coefficient (Wildman–Crippen LogP) is 5.59. The highest BCUT2D eigenvalue weighted by Gasteiger charge is 2.33. The molecule has 1 aromatic heterocycles. The second-order valence-corrected chi connectivity index (χ2v) is 9.52. The van der Waals surface area contributed by atoms with Crippen molar-refractivity contribution in [2.45, 2.75) is 13.5 Å². The summed E-state index contributed by atoms with van der Waals surface area (Å²) in [5.74, 6) is -1.50. The van der Waals surface area contributed by atoms with Gasteiger partial charge in [0.1, 0.15) is 10.9 Å². The van der Waals surface area contributed by atoms with Gasteiger partial charge in [-0.2, -0.15) is 0 Å². The van der Waals surface area contributed by atoms with Crippen molar-refractivity contribution in [3.63, 3.8) is 0 Å². The molecular formula is C22H16Cl2N2O3S2.